The van der Waals surface area contributed by atoms with Gasteiger partial charge in [0.2, 0.25) is 0 Å². The smallest absolute Gasteiger partial charge is 0.256 e. The summed E-state index contributed by atoms with van der Waals surface area (Å²) in [6.07, 6.45) is 5.38. The molecule has 1 aromatic carbocycles. The number of amides is 1. The molecule has 1 heterocycles. The molecule has 3 atom stereocenters. The summed E-state index contributed by atoms with van der Waals surface area (Å²) in [7, 11) is 1.70. The Morgan fingerprint density at radius 2 is 2.32 bits per heavy atom. The normalized spacial score (nSPS) is 26.7. The Morgan fingerprint density at radius 3 is 3.00 bits per heavy atom. The molecule has 1 aromatic heterocycles. The molecule has 2 unspecified atom stereocenters. The van der Waals surface area contributed by atoms with Crippen molar-refractivity contribution in [2.24, 2.45) is 13.0 Å². The Morgan fingerprint density at radius 1 is 1.52 bits per heavy atom. The lowest BCUT2D eigenvalue weighted by atomic mass is 9.82. The zero-order valence-corrected chi connectivity index (χ0v) is 15.1. The Kier molecular flexibility index (Phi) is 3.87. The first-order chi connectivity index (χ1) is 12.0. The minimum absolute atomic E-state index is 0.210. The Hall–Kier alpha value is -1.88. The number of benzene rings is 1. The van der Waals surface area contributed by atoms with E-state index in [2.05, 4.69) is 17.3 Å². The van der Waals surface area contributed by atoms with E-state index in [0.29, 0.717) is 22.6 Å². The van der Waals surface area contributed by atoms with Gasteiger partial charge in [0.15, 0.2) is 0 Å². The number of nitrogens with zero attached hydrogens (tertiary/aromatic N) is 2. The van der Waals surface area contributed by atoms with Gasteiger partial charge in [-0.25, -0.2) is 4.39 Å². The van der Waals surface area contributed by atoms with E-state index in [0.717, 1.165) is 36.8 Å². The summed E-state index contributed by atoms with van der Waals surface area (Å²) in [6.45, 7) is 2.15. The lowest BCUT2D eigenvalue weighted by Gasteiger charge is -2.34. The van der Waals surface area contributed by atoms with Crippen molar-refractivity contribution in [3.05, 3.63) is 52.1 Å². The van der Waals surface area contributed by atoms with Gasteiger partial charge in [0, 0.05) is 7.05 Å². The lowest BCUT2D eigenvalue weighted by molar-refractivity contribution is 0.0869. The number of aromatic nitrogens is 2. The maximum atomic E-state index is 13.8. The van der Waals surface area contributed by atoms with E-state index in [1.165, 1.54) is 16.9 Å². The summed E-state index contributed by atoms with van der Waals surface area (Å²) >= 11 is 6.20. The van der Waals surface area contributed by atoms with Crippen LogP contribution < -0.4 is 5.32 Å². The summed E-state index contributed by atoms with van der Waals surface area (Å²) < 4.78 is 15.3. The van der Waals surface area contributed by atoms with Gasteiger partial charge < -0.3 is 5.32 Å². The monoisotopic (exact) mass is 361 g/mol. The van der Waals surface area contributed by atoms with Crippen LogP contribution in [-0.2, 0) is 12.6 Å². The highest BCUT2D eigenvalue weighted by Crippen LogP contribution is 2.61. The maximum Gasteiger partial charge on any atom is 0.256 e. The van der Waals surface area contributed by atoms with Crippen molar-refractivity contribution in [2.45, 2.75) is 44.1 Å². The predicted octanol–water partition coefficient (Wildman–Crippen LogP) is 4.15. The van der Waals surface area contributed by atoms with E-state index < -0.39 is 5.54 Å². The van der Waals surface area contributed by atoms with Crippen LogP contribution in [-0.4, -0.2) is 15.7 Å². The molecule has 4 nitrogen and oxygen atoms in total. The van der Waals surface area contributed by atoms with Crippen molar-refractivity contribution in [3.63, 3.8) is 0 Å². The number of fused-ring (bicyclic) bond motifs is 5. The molecule has 2 bridgehead atoms. The van der Waals surface area contributed by atoms with E-state index in [-0.39, 0.29) is 11.7 Å². The van der Waals surface area contributed by atoms with Gasteiger partial charge in [-0.15, -0.1) is 0 Å². The molecule has 4 rings (SSSR count). The van der Waals surface area contributed by atoms with Gasteiger partial charge in [0.1, 0.15) is 11.0 Å². The standard InChI is InChI=1S/C19H21ClFN3O/c1-3-4-15-12-7-8-19(15,16-6-5-11(21)9-13(12)16)23-18(25)14-10-22-24(2)17(14)20/h5-6,9-10,12,15H,3-4,7-8H2,1-2H3,(H,23,25)/t12?,15?,19-/m1/s1. The highest BCUT2D eigenvalue weighted by Gasteiger charge is 2.57. The Labute approximate surface area is 151 Å². The van der Waals surface area contributed by atoms with Crippen LogP contribution in [0.4, 0.5) is 4.39 Å². The second kappa shape index (κ2) is 5.84. The molecule has 6 heteroatoms. The number of carbonyl (C=O) groups is 1. The second-order valence-electron chi connectivity index (χ2n) is 7.17. The molecular formula is C19H21ClFN3O. The van der Waals surface area contributed by atoms with E-state index in [1.807, 2.05) is 6.07 Å². The summed E-state index contributed by atoms with van der Waals surface area (Å²) in [5.74, 6) is 0.194. The van der Waals surface area contributed by atoms with Crippen LogP contribution in [0.2, 0.25) is 5.15 Å². The first kappa shape index (κ1) is 16.6. The summed E-state index contributed by atoms with van der Waals surface area (Å²) in [5, 5.41) is 7.65. The number of carbonyl (C=O) groups excluding carboxylic acids is 1. The van der Waals surface area contributed by atoms with Crippen LogP contribution in [0.3, 0.4) is 0 Å². The number of halogens is 2. The van der Waals surface area contributed by atoms with Crippen LogP contribution in [0.15, 0.2) is 24.4 Å². The van der Waals surface area contributed by atoms with Gasteiger partial charge in [0.05, 0.1) is 17.3 Å². The molecule has 2 aliphatic rings. The van der Waals surface area contributed by atoms with Gasteiger partial charge in [-0.2, -0.15) is 5.10 Å². The van der Waals surface area contributed by atoms with E-state index in [4.69, 9.17) is 11.6 Å². The Balaban J connectivity index is 1.75. The number of nitrogens with one attached hydrogen (secondary N) is 1. The number of hydrogen-bond acceptors (Lipinski definition) is 2. The van der Waals surface area contributed by atoms with Gasteiger partial charge in [-0.1, -0.05) is 31.0 Å². The van der Waals surface area contributed by atoms with Crippen LogP contribution >= 0.6 is 11.6 Å². The second-order valence-corrected chi connectivity index (χ2v) is 7.53. The maximum absolute atomic E-state index is 13.8. The molecule has 1 N–H and O–H groups in total. The van der Waals surface area contributed by atoms with Crippen LogP contribution in [0.25, 0.3) is 0 Å². The van der Waals surface area contributed by atoms with Crippen molar-refractivity contribution in [2.75, 3.05) is 0 Å². The minimum Gasteiger partial charge on any atom is -0.342 e. The SMILES string of the molecule is CCCC1C2CC[C@]1(NC(=O)c1cnn(C)c1Cl)c1ccc(F)cc12. The van der Waals surface area contributed by atoms with Crippen LogP contribution in [0.1, 0.15) is 60.0 Å². The third-order valence-corrected chi connectivity index (χ3v) is 6.36. The van der Waals surface area contributed by atoms with E-state index in [9.17, 15) is 9.18 Å². The van der Waals surface area contributed by atoms with E-state index >= 15 is 0 Å². The summed E-state index contributed by atoms with van der Waals surface area (Å²) in [6, 6.07) is 4.98. The average molecular weight is 362 g/mol. The molecule has 132 valence electrons. The fraction of sp³-hybridized carbons (Fsp3) is 0.474. The third kappa shape index (κ3) is 2.32. The molecular weight excluding hydrogens is 341 g/mol. The zero-order chi connectivity index (χ0) is 17.8. The summed E-state index contributed by atoms with van der Waals surface area (Å²) in [5.41, 5.74) is 2.08. The lowest BCUT2D eigenvalue weighted by Crippen LogP contribution is -2.47. The van der Waals surface area contributed by atoms with E-state index in [1.54, 1.807) is 13.1 Å². The van der Waals surface area contributed by atoms with Crippen molar-refractivity contribution in [1.82, 2.24) is 15.1 Å². The van der Waals surface area contributed by atoms with Crippen molar-refractivity contribution >= 4 is 17.5 Å². The van der Waals surface area contributed by atoms with Crippen molar-refractivity contribution in [1.29, 1.82) is 0 Å². The quantitative estimate of drug-likeness (QED) is 0.889. The van der Waals surface area contributed by atoms with Gasteiger partial charge >= 0.3 is 0 Å². The van der Waals surface area contributed by atoms with Crippen molar-refractivity contribution < 1.29 is 9.18 Å². The topological polar surface area (TPSA) is 46.9 Å². The first-order valence-corrected chi connectivity index (χ1v) is 9.15. The average Bonchev–Trinajstić information content (AvgIpc) is 3.17. The van der Waals surface area contributed by atoms with Gasteiger partial charge in [0.25, 0.3) is 5.91 Å². The highest BCUT2D eigenvalue weighted by molar-refractivity contribution is 6.32. The largest absolute Gasteiger partial charge is 0.342 e. The first-order valence-electron chi connectivity index (χ1n) is 8.78. The summed E-state index contributed by atoms with van der Waals surface area (Å²) in [4.78, 5) is 12.9. The van der Waals surface area contributed by atoms with Crippen molar-refractivity contribution in [3.8, 4) is 0 Å². The zero-order valence-electron chi connectivity index (χ0n) is 14.4. The number of hydrogen-bond donors (Lipinski definition) is 1. The molecule has 1 fully saturated rings. The molecule has 0 radical (unpaired) electrons. The van der Waals surface area contributed by atoms with Crippen LogP contribution in [0, 0.1) is 11.7 Å². The molecule has 1 saturated carbocycles. The Bertz CT molecular complexity index is 849. The fourth-order valence-corrected chi connectivity index (χ4v) is 5.07. The highest BCUT2D eigenvalue weighted by atomic mass is 35.5. The minimum atomic E-state index is -0.431. The molecule has 0 aliphatic heterocycles. The van der Waals surface area contributed by atoms with Crippen LogP contribution in [0.5, 0.6) is 0 Å². The third-order valence-electron chi connectivity index (χ3n) is 5.91. The van der Waals surface area contributed by atoms with Gasteiger partial charge in [-0.3, -0.25) is 9.48 Å². The number of rotatable bonds is 4. The molecule has 2 aliphatic carbocycles. The number of aryl methyl sites for hydroxylation is 1. The fourth-order valence-electron chi connectivity index (χ4n) is 4.89. The molecule has 0 spiro atoms. The predicted molar refractivity (Wildman–Crippen MR) is 94.1 cm³/mol. The van der Waals surface area contributed by atoms with Gasteiger partial charge in [-0.05, 0) is 54.4 Å². The molecule has 1 amide bonds. The molecule has 2 aromatic rings. The molecule has 25 heavy (non-hydrogen) atoms. The molecule has 0 saturated heterocycles.